The van der Waals surface area contributed by atoms with Crippen molar-refractivity contribution in [3.05, 3.63) is 0 Å². The summed E-state index contributed by atoms with van der Waals surface area (Å²) in [5, 5.41) is 2.07. The number of nitrogens with two attached hydrogens (primary N) is 1. The van der Waals surface area contributed by atoms with Crippen molar-refractivity contribution in [3.8, 4) is 0 Å². The van der Waals surface area contributed by atoms with Gasteiger partial charge in [-0.2, -0.15) is 0 Å². The first-order chi connectivity index (χ1) is 6.31. The molecule has 0 aromatic heterocycles. The van der Waals surface area contributed by atoms with Gasteiger partial charge >= 0.3 is 0 Å². The second-order valence-corrected chi connectivity index (χ2v) is 5.11. The zero-order valence-corrected chi connectivity index (χ0v) is 8.15. The van der Waals surface area contributed by atoms with Crippen molar-refractivity contribution in [1.82, 2.24) is 9.91 Å². The molecule has 3 nitrogen and oxygen atoms in total. The molecule has 0 amide bonds. The highest BCUT2D eigenvalue weighted by Crippen LogP contribution is 2.33. The third-order valence-corrected chi connectivity index (χ3v) is 3.74. The van der Waals surface area contributed by atoms with Crippen molar-refractivity contribution in [2.24, 2.45) is 17.7 Å². The van der Waals surface area contributed by atoms with Crippen LogP contribution in [0, 0.1) is 11.8 Å². The SMILES string of the molecule is NN1CC2CC1CN(CC1CC1)C2. The molecule has 1 aliphatic carbocycles. The highest BCUT2D eigenvalue weighted by Gasteiger charge is 2.38. The molecule has 3 rings (SSSR count). The van der Waals surface area contributed by atoms with Crippen LogP contribution in [0.1, 0.15) is 19.3 Å². The molecule has 1 saturated carbocycles. The summed E-state index contributed by atoms with van der Waals surface area (Å²) in [6.45, 7) is 5.01. The lowest BCUT2D eigenvalue weighted by molar-refractivity contribution is 0.158. The minimum absolute atomic E-state index is 0.664. The molecule has 0 spiro atoms. The molecule has 0 aromatic carbocycles. The topological polar surface area (TPSA) is 32.5 Å². The predicted molar refractivity (Wildman–Crippen MR) is 52.0 cm³/mol. The van der Waals surface area contributed by atoms with Gasteiger partial charge in [0, 0.05) is 32.2 Å². The lowest BCUT2D eigenvalue weighted by atomic mass is 10.00. The Morgan fingerprint density at radius 3 is 2.69 bits per heavy atom. The molecule has 2 N–H and O–H groups in total. The first kappa shape index (κ1) is 8.21. The summed E-state index contributed by atoms with van der Waals surface area (Å²) >= 11 is 0. The Balaban J connectivity index is 1.60. The van der Waals surface area contributed by atoms with E-state index in [4.69, 9.17) is 5.84 Å². The van der Waals surface area contributed by atoms with Gasteiger partial charge < -0.3 is 4.90 Å². The number of hydrogen-bond donors (Lipinski definition) is 1. The van der Waals surface area contributed by atoms with Crippen LogP contribution in [0.5, 0.6) is 0 Å². The van der Waals surface area contributed by atoms with Crippen LogP contribution >= 0.6 is 0 Å². The molecule has 3 fully saturated rings. The molecule has 3 aliphatic rings. The normalized spacial score (nSPS) is 41.3. The van der Waals surface area contributed by atoms with Crippen molar-refractivity contribution in [1.29, 1.82) is 0 Å². The highest BCUT2D eigenvalue weighted by molar-refractivity contribution is 4.92. The van der Waals surface area contributed by atoms with E-state index in [1.165, 1.54) is 38.9 Å². The second-order valence-electron chi connectivity index (χ2n) is 5.11. The lowest BCUT2D eigenvalue weighted by Gasteiger charge is -2.31. The molecular formula is C10H19N3. The molecule has 0 aromatic rings. The molecule has 2 atom stereocenters. The van der Waals surface area contributed by atoms with Gasteiger partial charge in [0.2, 0.25) is 0 Å². The van der Waals surface area contributed by atoms with Crippen LogP contribution < -0.4 is 5.84 Å². The van der Waals surface area contributed by atoms with Crippen molar-refractivity contribution < 1.29 is 0 Å². The zero-order valence-electron chi connectivity index (χ0n) is 8.15. The van der Waals surface area contributed by atoms with Crippen LogP contribution in [0.4, 0.5) is 0 Å². The molecule has 0 radical (unpaired) electrons. The number of hydrazine groups is 1. The third-order valence-electron chi connectivity index (χ3n) is 3.74. The van der Waals surface area contributed by atoms with E-state index >= 15 is 0 Å². The van der Waals surface area contributed by atoms with Crippen LogP contribution in [-0.4, -0.2) is 42.1 Å². The first-order valence-corrected chi connectivity index (χ1v) is 5.55. The summed E-state index contributed by atoms with van der Waals surface area (Å²) in [4.78, 5) is 2.64. The van der Waals surface area contributed by atoms with Crippen LogP contribution in [0.25, 0.3) is 0 Å². The monoisotopic (exact) mass is 181 g/mol. The molecular weight excluding hydrogens is 162 g/mol. The first-order valence-electron chi connectivity index (χ1n) is 5.55. The summed E-state index contributed by atoms with van der Waals surface area (Å²) in [6, 6.07) is 0.664. The molecule has 3 heteroatoms. The lowest BCUT2D eigenvalue weighted by Crippen LogP contribution is -2.44. The second kappa shape index (κ2) is 2.94. The summed E-state index contributed by atoms with van der Waals surface area (Å²) < 4.78 is 0. The molecule has 2 unspecified atom stereocenters. The van der Waals surface area contributed by atoms with E-state index in [-0.39, 0.29) is 0 Å². The van der Waals surface area contributed by atoms with Gasteiger partial charge in [-0.25, -0.2) is 5.01 Å². The fourth-order valence-electron chi connectivity index (χ4n) is 2.91. The minimum atomic E-state index is 0.664. The maximum Gasteiger partial charge on any atom is 0.0372 e. The molecule has 2 saturated heterocycles. The number of piperidine rings is 1. The fraction of sp³-hybridized carbons (Fsp3) is 1.00. The summed E-state index contributed by atoms with van der Waals surface area (Å²) in [7, 11) is 0. The maximum atomic E-state index is 5.94. The van der Waals surface area contributed by atoms with E-state index in [0.717, 1.165) is 18.4 Å². The average Bonchev–Trinajstić information content (AvgIpc) is 2.83. The molecule has 2 aliphatic heterocycles. The van der Waals surface area contributed by atoms with Gasteiger partial charge in [-0.05, 0) is 31.1 Å². The molecule has 2 bridgehead atoms. The van der Waals surface area contributed by atoms with Crippen LogP contribution in [0.3, 0.4) is 0 Å². The molecule has 74 valence electrons. The molecule has 2 heterocycles. The Kier molecular flexibility index (Phi) is 1.86. The Labute approximate surface area is 79.8 Å². The van der Waals surface area contributed by atoms with Gasteiger partial charge in [-0.15, -0.1) is 0 Å². The van der Waals surface area contributed by atoms with Gasteiger partial charge in [0.15, 0.2) is 0 Å². The summed E-state index contributed by atoms with van der Waals surface area (Å²) in [5.41, 5.74) is 0. The number of hydrogen-bond acceptors (Lipinski definition) is 3. The van der Waals surface area contributed by atoms with E-state index < -0.39 is 0 Å². The van der Waals surface area contributed by atoms with Gasteiger partial charge in [-0.1, -0.05) is 0 Å². The largest absolute Gasteiger partial charge is 0.301 e. The Morgan fingerprint density at radius 2 is 2.00 bits per heavy atom. The van der Waals surface area contributed by atoms with E-state index in [9.17, 15) is 0 Å². The quantitative estimate of drug-likeness (QED) is 0.621. The van der Waals surface area contributed by atoms with Crippen molar-refractivity contribution in [2.75, 3.05) is 26.2 Å². The highest BCUT2D eigenvalue weighted by atomic mass is 15.5. The summed E-state index contributed by atoms with van der Waals surface area (Å²) in [6.07, 6.45) is 4.29. The smallest absolute Gasteiger partial charge is 0.0372 e. The van der Waals surface area contributed by atoms with Crippen molar-refractivity contribution in [3.63, 3.8) is 0 Å². The van der Waals surface area contributed by atoms with Crippen LogP contribution in [-0.2, 0) is 0 Å². The number of nitrogens with zero attached hydrogens (tertiary/aromatic N) is 2. The summed E-state index contributed by atoms with van der Waals surface area (Å²) in [5.74, 6) is 7.83. The van der Waals surface area contributed by atoms with E-state index in [1.807, 2.05) is 0 Å². The van der Waals surface area contributed by atoms with E-state index in [2.05, 4.69) is 9.91 Å². The Bertz CT molecular complexity index is 200. The van der Waals surface area contributed by atoms with Crippen molar-refractivity contribution >= 4 is 0 Å². The van der Waals surface area contributed by atoms with Crippen LogP contribution in [0.2, 0.25) is 0 Å². The number of rotatable bonds is 2. The number of likely N-dealkylation sites (tertiary alicyclic amines) is 1. The molecule has 13 heavy (non-hydrogen) atoms. The fourth-order valence-corrected chi connectivity index (χ4v) is 2.91. The van der Waals surface area contributed by atoms with Crippen LogP contribution in [0.15, 0.2) is 0 Å². The van der Waals surface area contributed by atoms with Crippen molar-refractivity contribution in [2.45, 2.75) is 25.3 Å². The van der Waals surface area contributed by atoms with Gasteiger partial charge in [0.05, 0.1) is 0 Å². The predicted octanol–water partition coefficient (Wildman–Crippen LogP) is 0.276. The minimum Gasteiger partial charge on any atom is -0.301 e. The van der Waals surface area contributed by atoms with Gasteiger partial charge in [0.25, 0.3) is 0 Å². The van der Waals surface area contributed by atoms with E-state index in [1.54, 1.807) is 0 Å². The number of fused-ring (bicyclic) bond motifs is 2. The zero-order chi connectivity index (χ0) is 8.84. The van der Waals surface area contributed by atoms with Gasteiger partial charge in [0.1, 0.15) is 0 Å². The van der Waals surface area contributed by atoms with Gasteiger partial charge in [-0.3, -0.25) is 5.84 Å². The maximum absolute atomic E-state index is 5.94. The third kappa shape index (κ3) is 1.60. The standard InChI is InChI=1S/C10H19N3/c11-13-6-9-3-10(13)7-12(5-9)4-8-1-2-8/h8-10H,1-7,11H2. The Hall–Kier alpha value is -0.120. The average molecular weight is 181 g/mol. The Morgan fingerprint density at radius 1 is 1.15 bits per heavy atom. The van der Waals surface area contributed by atoms with E-state index in [0.29, 0.717) is 6.04 Å².